The smallest absolute Gasteiger partial charge is 0.310 e. The van der Waals surface area contributed by atoms with Gasteiger partial charge in [0.15, 0.2) is 5.75 Å². The number of phenols is 1. The molecule has 128 valence electrons. The van der Waals surface area contributed by atoms with Gasteiger partial charge in [-0.3, -0.25) is 14.9 Å². The lowest BCUT2D eigenvalue weighted by Gasteiger charge is -2.34. The van der Waals surface area contributed by atoms with Gasteiger partial charge in [0.1, 0.15) is 0 Å². The molecule has 0 atom stereocenters. The summed E-state index contributed by atoms with van der Waals surface area (Å²) < 4.78 is 0. The fraction of sp³-hybridized carbons (Fsp3) is 0.533. The summed E-state index contributed by atoms with van der Waals surface area (Å²) in [6.45, 7) is 4.41. The Morgan fingerprint density at radius 3 is 2.61 bits per heavy atom. The summed E-state index contributed by atoms with van der Waals surface area (Å²) in [5.41, 5.74) is -0.101. The number of amides is 1. The van der Waals surface area contributed by atoms with Crippen LogP contribution >= 0.6 is 12.4 Å². The predicted octanol–water partition coefficient (Wildman–Crippen LogP) is 2.33. The quantitative estimate of drug-likeness (QED) is 0.632. The Kier molecular flexibility index (Phi) is 7.25. The minimum Gasteiger partial charge on any atom is -0.502 e. The molecule has 1 fully saturated rings. The molecule has 0 aliphatic carbocycles. The highest BCUT2D eigenvalue weighted by Crippen LogP contribution is 2.27. The van der Waals surface area contributed by atoms with E-state index in [1.165, 1.54) is 18.2 Å². The van der Waals surface area contributed by atoms with Crippen molar-refractivity contribution >= 4 is 24.0 Å². The molecule has 1 aliphatic rings. The molecule has 0 spiro atoms. The number of aromatic hydroxyl groups is 1. The third kappa shape index (κ3) is 4.56. The van der Waals surface area contributed by atoms with Crippen molar-refractivity contribution in [3.05, 3.63) is 33.9 Å². The van der Waals surface area contributed by atoms with Crippen LogP contribution in [0.4, 0.5) is 5.69 Å². The van der Waals surface area contributed by atoms with Crippen molar-refractivity contribution in [3.63, 3.8) is 0 Å². The maximum atomic E-state index is 12.7. The Hall–Kier alpha value is -1.86. The Labute approximate surface area is 141 Å². The highest BCUT2D eigenvalue weighted by molar-refractivity contribution is 5.95. The zero-order chi connectivity index (χ0) is 16.1. The van der Waals surface area contributed by atoms with E-state index in [9.17, 15) is 20.0 Å². The second-order valence-electron chi connectivity index (χ2n) is 5.44. The van der Waals surface area contributed by atoms with Gasteiger partial charge in [-0.25, -0.2) is 0 Å². The van der Waals surface area contributed by atoms with Crippen LogP contribution in [0.25, 0.3) is 0 Å². The minimum atomic E-state index is -0.666. The topological polar surface area (TPSA) is 95.7 Å². The maximum absolute atomic E-state index is 12.7. The van der Waals surface area contributed by atoms with Gasteiger partial charge in [0.05, 0.1) is 4.92 Å². The van der Waals surface area contributed by atoms with Crippen molar-refractivity contribution in [2.24, 2.45) is 0 Å². The first-order valence-corrected chi connectivity index (χ1v) is 7.53. The standard InChI is InChI=1S/C15H21N3O4.ClH/c1-2-9-17(12-5-7-16-8-6-12)15(20)11-3-4-13(18(21)22)14(19)10-11;/h3-4,10,12,16,19H,2,5-9H2,1H3;1H. The average Bonchev–Trinajstić information content (AvgIpc) is 2.52. The van der Waals surface area contributed by atoms with E-state index >= 15 is 0 Å². The molecule has 1 aliphatic heterocycles. The van der Waals surface area contributed by atoms with Gasteiger partial charge in [0.25, 0.3) is 5.91 Å². The highest BCUT2D eigenvalue weighted by atomic mass is 35.5. The first kappa shape index (κ1) is 19.2. The lowest BCUT2D eigenvalue weighted by atomic mass is 10.0. The molecule has 0 unspecified atom stereocenters. The Morgan fingerprint density at radius 1 is 1.43 bits per heavy atom. The van der Waals surface area contributed by atoms with Crippen molar-refractivity contribution in [1.29, 1.82) is 0 Å². The molecule has 1 saturated heterocycles. The fourth-order valence-corrected chi connectivity index (χ4v) is 2.79. The number of nitrogens with one attached hydrogen (secondary N) is 1. The normalized spacial score (nSPS) is 14.8. The van der Waals surface area contributed by atoms with Crippen LogP contribution in [-0.4, -0.2) is 46.5 Å². The summed E-state index contributed by atoms with van der Waals surface area (Å²) in [5.74, 6) is -0.656. The van der Waals surface area contributed by atoms with Crippen LogP contribution in [0.2, 0.25) is 0 Å². The van der Waals surface area contributed by atoms with Crippen molar-refractivity contribution in [2.45, 2.75) is 32.2 Å². The first-order valence-electron chi connectivity index (χ1n) is 7.53. The summed E-state index contributed by atoms with van der Waals surface area (Å²) in [6.07, 6.45) is 2.63. The summed E-state index contributed by atoms with van der Waals surface area (Å²) in [4.78, 5) is 24.6. The molecule has 0 bridgehead atoms. The number of benzene rings is 1. The van der Waals surface area contributed by atoms with E-state index in [-0.39, 0.29) is 35.6 Å². The number of nitro benzene ring substituents is 1. The number of halogens is 1. The zero-order valence-electron chi connectivity index (χ0n) is 13.0. The molecule has 2 rings (SSSR count). The van der Waals surface area contributed by atoms with E-state index in [1.807, 2.05) is 11.8 Å². The fourth-order valence-electron chi connectivity index (χ4n) is 2.79. The average molecular weight is 344 g/mol. The summed E-state index contributed by atoms with van der Waals surface area (Å²) in [7, 11) is 0. The van der Waals surface area contributed by atoms with Crippen LogP contribution in [0, 0.1) is 10.1 Å². The number of hydrogen-bond acceptors (Lipinski definition) is 5. The van der Waals surface area contributed by atoms with Crippen LogP contribution in [0.1, 0.15) is 36.5 Å². The van der Waals surface area contributed by atoms with Crippen LogP contribution < -0.4 is 5.32 Å². The third-order valence-electron chi connectivity index (χ3n) is 3.89. The second-order valence-corrected chi connectivity index (χ2v) is 5.44. The number of carbonyl (C=O) groups excluding carboxylic acids is 1. The molecular formula is C15H22ClN3O4. The van der Waals surface area contributed by atoms with Crippen LogP contribution in [-0.2, 0) is 0 Å². The van der Waals surface area contributed by atoms with Gasteiger partial charge >= 0.3 is 5.69 Å². The molecule has 1 amide bonds. The highest BCUT2D eigenvalue weighted by Gasteiger charge is 2.26. The lowest BCUT2D eigenvalue weighted by molar-refractivity contribution is -0.385. The SMILES string of the molecule is CCCN(C(=O)c1ccc([N+](=O)[O-])c(O)c1)C1CCNCC1.Cl. The second kappa shape index (κ2) is 8.69. The van der Waals surface area contributed by atoms with Gasteiger partial charge in [-0.2, -0.15) is 0 Å². The van der Waals surface area contributed by atoms with E-state index in [0.717, 1.165) is 32.4 Å². The van der Waals surface area contributed by atoms with Crippen molar-refractivity contribution in [3.8, 4) is 5.75 Å². The largest absolute Gasteiger partial charge is 0.502 e. The lowest BCUT2D eigenvalue weighted by Crippen LogP contribution is -2.46. The molecule has 1 heterocycles. The van der Waals surface area contributed by atoms with E-state index in [2.05, 4.69) is 5.32 Å². The molecule has 0 aromatic heterocycles. The molecule has 8 heteroatoms. The van der Waals surface area contributed by atoms with E-state index < -0.39 is 10.7 Å². The first-order chi connectivity index (χ1) is 10.5. The third-order valence-corrected chi connectivity index (χ3v) is 3.89. The van der Waals surface area contributed by atoms with E-state index in [4.69, 9.17) is 0 Å². The van der Waals surface area contributed by atoms with Crippen molar-refractivity contribution in [1.82, 2.24) is 10.2 Å². The minimum absolute atomic E-state index is 0. The molecule has 7 nitrogen and oxygen atoms in total. The number of hydrogen-bond donors (Lipinski definition) is 2. The number of piperidine rings is 1. The monoisotopic (exact) mass is 343 g/mol. The number of nitro groups is 1. The van der Waals surface area contributed by atoms with E-state index in [1.54, 1.807) is 0 Å². The van der Waals surface area contributed by atoms with Gasteiger partial charge in [0.2, 0.25) is 0 Å². The van der Waals surface area contributed by atoms with Gasteiger partial charge < -0.3 is 15.3 Å². The maximum Gasteiger partial charge on any atom is 0.310 e. The summed E-state index contributed by atoms with van der Waals surface area (Å²) >= 11 is 0. The van der Waals surface area contributed by atoms with Crippen molar-refractivity contribution in [2.75, 3.05) is 19.6 Å². The zero-order valence-corrected chi connectivity index (χ0v) is 13.8. The molecule has 1 aromatic carbocycles. The Bertz CT molecular complexity index is 562. The number of phenolic OH excluding ortho intramolecular Hbond substituents is 1. The number of rotatable bonds is 5. The molecule has 0 saturated carbocycles. The van der Waals surface area contributed by atoms with Gasteiger partial charge in [0, 0.05) is 24.2 Å². The predicted molar refractivity (Wildman–Crippen MR) is 89.2 cm³/mol. The molecule has 23 heavy (non-hydrogen) atoms. The Balaban J connectivity index is 0.00000264. The molecular weight excluding hydrogens is 322 g/mol. The summed E-state index contributed by atoms with van der Waals surface area (Å²) in [6, 6.07) is 3.94. The van der Waals surface area contributed by atoms with Gasteiger partial charge in [-0.15, -0.1) is 12.4 Å². The van der Waals surface area contributed by atoms with E-state index in [0.29, 0.717) is 6.54 Å². The molecule has 0 radical (unpaired) electrons. The van der Waals surface area contributed by atoms with Crippen molar-refractivity contribution < 1.29 is 14.8 Å². The molecule has 2 N–H and O–H groups in total. The van der Waals surface area contributed by atoms with Crippen LogP contribution in [0.3, 0.4) is 0 Å². The van der Waals surface area contributed by atoms with Crippen LogP contribution in [0.5, 0.6) is 5.75 Å². The summed E-state index contributed by atoms with van der Waals surface area (Å²) in [5, 5.41) is 23.7. The van der Waals surface area contributed by atoms with Gasteiger partial charge in [-0.1, -0.05) is 6.92 Å². The van der Waals surface area contributed by atoms with Gasteiger partial charge in [-0.05, 0) is 44.5 Å². The number of carbonyl (C=O) groups is 1. The number of nitrogens with zero attached hydrogens (tertiary/aromatic N) is 2. The van der Waals surface area contributed by atoms with Crippen LogP contribution in [0.15, 0.2) is 18.2 Å². The molecule has 1 aromatic rings. The Morgan fingerprint density at radius 2 is 2.09 bits per heavy atom.